The summed E-state index contributed by atoms with van der Waals surface area (Å²) in [5.41, 5.74) is 5.41. The van der Waals surface area contributed by atoms with Crippen molar-refractivity contribution in [2.45, 2.75) is 83.9 Å². The number of amides is 2. The lowest BCUT2D eigenvalue weighted by Crippen LogP contribution is -2.46. The maximum Gasteiger partial charge on any atom is 0.255 e. The largest absolute Gasteiger partial charge is 0.493 e. The number of nitrogens with zero attached hydrogens (tertiary/aromatic N) is 2. The average molecular weight is 520 g/mol. The molecule has 5 rings (SSSR count). The molecule has 2 fully saturated rings. The van der Waals surface area contributed by atoms with Crippen molar-refractivity contribution in [2.24, 2.45) is 5.92 Å². The van der Waals surface area contributed by atoms with Gasteiger partial charge >= 0.3 is 0 Å². The first-order valence-corrected chi connectivity index (χ1v) is 13.7. The summed E-state index contributed by atoms with van der Waals surface area (Å²) in [6.45, 7) is 6.17. The van der Waals surface area contributed by atoms with Gasteiger partial charge in [0, 0.05) is 23.3 Å². The van der Waals surface area contributed by atoms with Crippen LogP contribution in [-0.2, 0) is 11.2 Å². The first-order valence-electron chi connectivity index (χ1n) is 13.7. The van der Waals surface area contributed by atoms with Crippen molar-refractivity contribution in [3.8, 4) is 17.0 Å². The monoisotopic (exact) mass is 519 g/mol. The van der Waals surface area contributed by atoms with Crippen LogP contribution in [-0.4, -0.2) is 56.7 Å². The number of hydrogen-bond donors (Lipinski definition) is 4. The number of aliphatic hydroxyl groups is 1. The highest BCUT2D eigenvalue weighted by molar-refractivity contribution is 6.09. The summed E-state index contributed by atoms with van der Waals surface area (Å²) >= 11 is 0. The molecular formula is C29H37N5O4. The number of aryl methyl sites for hydroxylation is 2. The summed E-state index contributed by atoms with van der Waals surface area (Å²) in [6.07, 6.45) is 6.83. The molecule has 2 amide bonds. The summed E-state index contributed by atoms with van der Waals surface area (Å²) < 4.78 is 6.20. The van der Waals surface area contributed by atoms with Crippen LogP contribution in [0.5, 0.6) is 5.75 Å². The third-order valence-corrected chi connectivity index (χ3v) is 7.67. The summed E-state index contributed by atoms with van der Waals surface area (Å²) in [7, 11) is 0. The number of fused-ring (bicyclic) bond motifs is 1. The summed E-state index contributed by atoms with van der Waals surface area (Å²) in [6, 6.07) is 6.26. The Labute approximate surface area is 222 Å². The molecule has 0 radical (unpaired) electrons. The molecule has 0 unspecified atom stereocenters. The molecular weight excluding hydrogens is 482 g/mol. The number of nitrogens with one attached hydrogen (secondary N) is 3. The van der Waals surface area contributed by atoms with Crippen LogP contribution >= 0.6 is 0 Å². The van der Waals surface area contributed by atoms with E-state index in [0.29, 0.717) is 23.6 Å². The second-order valence-electron chi connectivity index (χ2n) is 10.7. The van der Waals surface area contributed by atoms with Crippen molar-refractivity contribution in [2.75, 3.05) is 6.61 Å². The average Bonchev–Trinajstić information content (AvgIpc) is 3.67. The lowest BCUT2D eigenvalue weighted by molar-refractivity contribution is -0.129. The molecule has 4 N–H and O–H groups in total. The molecule has 2 heterocycles. The molecule has 38 heavy (non-hydrogen) atoms. The Hall–Kier alpha value is -3.46. The Bertz CT molecular complexity index is 1320. The normalized spacial score (nSPS) is 20.2. The first-order chi connectivity index (χ1) is 18.3. The van der Waals surface area contributed by atoms with Crippen LogP contribution in [0.25, 0.3) is 22.3 Å². The highest BCUT2D eigenvalue weighted by Gasteiger charge is 2.28. The number of hydrogen-bond acceptors (Lipinski definition) is 6. The van der Waals surface area contributed by atoms with Crippen LogP contribution in [0, 0.1) is 12.8 Å². The lowest BCUT2D eigenvalue weighted by atomic mass is 9.90. The highest BCUT2D eigenvalue weighted by atomic mass is 16.5. The molecule has 0 aliphatic heterocycles. The van der Waals surface area contributed by atoms with Gasteiger partial charge in [0.1, 0.15) is 29.4 Å². The van der Waals surface area contributed by atoms with E-state index in [1.165, 1.54) is 31.7 Å². The van der Waals surface area contributed by atoms with Gasteiger partial charge in [-0.25, -0.2) is 9.97 Å². The van der Waals surface area contributed by atoms with Crippen LogP contribution in [0.3, 0.4) is 0 Å². The standard InChI is InChI=1S/C29H37N5O4/c1-4-18-7-12-23(38-14-19-5-6-19)22(13-18)25-27-26(31-15-30-25)24(16(2)32-27)29(37)34-21-10-8-20(9-11-21)33-28(36)17(3)35/h7,12-13,15,17,19-21,32,35H,4-6,8-11,14H2,1-3H3,(H,33,36)(H,34,37)/t17-,20-,21-/m0/s1. The van der Waals surface area contributed by atoms with Crippen molar-refractivity contribution in [3.05, 3.63) is 41.3 Å². The molecule has 9 heteroatoms. The highest BCUT2D eigenvalue weighted by Crippen LogP contribution is 2.37. The van der Waals surface area contributed by atoms with Gasteiger partial charge in [0.25, 0.3) is 5.91 Å². The van der Waals surface area contributed by atoms with Crippen LogP contribution in [0.15, 0.2) is 24.5 Å². The number of benzene rings is 1. The minimum absolute atomic E-state index is 0.0107. The fourth-order valence-electron chi connectivity index (χ4n) is 5.16. The third-order valence-electron chi connectivity index (χ3n) is 7.67. The van der Waals surface area contributed by atoms with Crippen molar-refractivity contribution in [1.29, 1.82) is 0 Å². The summed E-state index contributed by atoms with van der Waals surface area (Å²) in [5.74, 6) is 0.911. The van der Waals surface area contributed by atoms with Gasteiger partial charge in [-0.2, -0.15) is 0 Å². The Morgan fingerprint density at radius 3 is 2.47 bits per heavy atom. The summed E-state index contributed by atoms with van der Waals surface area (Å²) in [4.78, 5) is 37.7. The van der Waals surface area contributed by atoms with E-state index in [4.69, 9.17) is 4.74 Å². The van der Waals surface area contributed by atoms with Crippen molar-refractivity contribution in [3.63, 3.8) is 0 Å². The van der Waals surface area contributed by atoms with Gasteiger partial charge in [0.15, 0.2) is 0 Å². The maximum absolute atomic E-state index is 13.4. The zero-order chi connectivity index (χ0) is 26.8. The van der Waals surface area contributed by atoms with Gasteiger partial charge in [-0.05, 0) is 82.4 Å². The molecule has 3 aromatic rings. The second kappa shape index (κ2) is 11.1. The molecule has 202 valence electrons. The minimum Gasteiger partial charge on any atom is -0.493 e. The van der Waals surface area contributed by atoms with E-state index in [1.54, 1.807) is 0 Å². The predicted octanol–water partition coefficient (Wildman–Crippen LogP) is 3.82. The fraction of sp³-hybridized carbons (Fsp3) is 0.517. The zero-order valence-corrected chi connectivity index (χ0v) is 22.3. The Kier molecular flexibility index (Phi) is 7.65. The minimum atomic E-state index is -1.02. The molecule has 0 bridgehead atoms. The molecule has 1 aromatic carbocycles. The number of H-pyrrole nitrogens is 1. The van der Waals surface area contributed by atoms with Crippen molar-refractivity contribution >= 4 is 22.8 Å². The number of ether oxygens (including phenoxy) is 1. The Morgan fingerprint density at radius 1 is 1.11 bits per heavy atom. The number of aromatic amines is 1. The van der Waals surface area contributed by atoms with E-state index in [0.717, 1.165) is 60.3 Å². The topological polar surface area (TPSA) is 129 Å². The molecule has 9 nitrogen and oxygen atoms in total. The smallest absolute Gasteiger partial charge is 0.255 e. The Balaban J connectivity index is 1.36. The molecule has 2 saturated carbocycles. The molecule has 0 spiro atoms. The third kappa shape index (κ3) is 5.67. The Morgan fingerprint density at radius 2 is 1.82 bits per heavy atom. The van der Waals surface area contributed by atoms with E-state index in [-0.39, 0.29) is 23.9 Å². The van der Waals surface area contributed by atoms with Gasteiger partial charge < -0.3 is 25.5 Å². The van der Waals surface area contributed by atoms with Gasteiger partial charge in [0.2, 0.25) is 5.91 Å². The van der Waals surface area contributed by atoms with E-state index >= 15 is 0 Å². The number of carbonyl (C=O) groups excluding carboxylic acids is 2. The number of rotatable bonds is 9. The van der Waals surface area contributed by atoms with Gasteiger partial charge in [-0.15, -0.1) is 0 Å². The van der Waals surface area contributed by atoms with Crippen molar-refractivity contribution < 1.29 is 19.4 Å². The number of aliphatic hydroxyl groups excluding tert-OH is 1. The van der Waals surface area contributed by atoms with E-state index in [2.05, 4.69) is 44.6 Å². The van der Waals surface area contributed by atoms with Gasteiger partial charge in [0.05, 0.1) is 17.7 Å². The molecule has 0 saturated heterocycles. The molecule has 2 aliphatic carbocycles. The molecule has 1 atom stereocenters. The van der Waals surface area contributed by atoms with Crippen LogP contribution in [0.2, 0.25) is 0 Å². The molecule has 2 aromatic heterocycles. The zero-order valence-electron chi connectivity index (χ0n) is 22.3. The fourth-order valence-corrected chi connectivity index (χ4v) is 5.16. The molecule has 2 aliphatic rings. The number of aromatic nitrogens is 3. The van der Waals surface area contributed by atoms with Crippen LogP contribution in [0.4, 0.5) is 0 Å². The SMILES string of the molecule is CCc1ccc(OCC2CC2)c(-c2ncnc3c(C(=O)N[C@H]4CC[C@H](NC(=O)[C@H](C)O)CC4)c(C)[nH]c23)c1. The van der Waals surface area contributed by atoms with Crippen LogP contribution in [0.1, 0.15) is 74.0 Å². The maximum atomic E-state index is 13.4. The first kappa shape index (κ1) is 26.2. The van der Waals surface area contributed by atoms with Crippen LogP contribution < -0.4 is 15.4 Å². The summed E-state index contributed by atoms with van der Waals surface area (Å²) in [5, 5.41) is 15.5. The van der Waals surface area contributed by atoms with E-state index < -0.39 is 6.10 Å². The van der Waals surface area contributed by atoms with E-state index in [9.17, 15) is 14.7 Å². The lowest BCUT2D eigenvalue weighted by Gasteiger charge is -2.30. The second-order valence-corrected chi connectivity index (χ2v) is 10.7. The number of carbonyl (C=O) groups is 2. The predicted molar refractivity (Wildman–Crippen MR) is 145 cm³/mol. The van der Waals surface area contributed by atoms with E-state index in [1.807, 2.05) is 13.0 Å². The van der Waals surface area contributed by atoms with Crippen molar-refractivity contribution in [1.82, 2.24) is 25.6 Å². The van der Waals surface area contributed by atoms with Gasteiger partial charge in [-0.1, -0.05) is 13.0 Å². The quantitative estimate of drug-likeness (QED) is 0.340. The van der Waals surface area contributed by atoms with Gasteiger partial charge in [-0.3, -0.25) is 9.59 Å².